The van der Waals surface area contributed by atoms with Crippen LogP contribution in [0.5, 0.6) is 5.75 Å². The fourth-order valence-corrected chi connectivity index (χ4v) is 2.74. The number of amides is 1. The van der Waals surface area contributed by atoms with Gasteiger partial charge >= 0.3 is 0 Å². The zero-order valence-corrected chi connectivity index (χ0v) is 14.6. The molecular formula is C18H18BrNO3. The summed E-state index contributed by atoms with van der Waals surface area (Å²) in [6.45, 7) is 3.91. The van der Waals surface area contributed by atoms with Crippen LogP contribution in [0.4, 0.5) is 5.69 Å². The fraction of sp³-hybridized carbons (Fsp3) is 0.222. The van der Waals surface area contributed by atoms with Gasteiger partial charge in [0.1, 0.15) is 12.0 Å². The molecule has 0 aliphatic carbocycles. The summed E-state index contributed by atoms with van der Waals surface area (Å²) in [4.78, 5) is 22.8. The lowest BCUT2D eigenvalue weighted by molar-refractivity contribution is -0.118. The topological polar surface area (TPSA) is 55.4 Å². The van der Waals surface area contributed by atoms with E-state index in [2.05, 4.69) is 21.2 Å². The zero-order chi connectivity index (χ0) is 16.8. The molecule has 1 N–H and O–H groups in total. The second-order valence-electron chi connectivity index (χ2n) is 5.11. The molecule has 0 saturated carbocycles. The first-order valence-corrected chi connectivity index (χ1v) is 8.10. The molecule has 2 rings (SSSR count). The van der Waals surface area contributed by atoms with Crippen LogP contribution in [0.15, 0.2) is 40.9 Å². The predicted octanol–water partition coefficient (Wildman–Crippen LogP) is 4.15. The maximum absolute atomic E-state index is 12.1. The number of hydrogen-bond acceptors (Lipinski definition) is 3. The minimum absolute atomic E-state index is 0.101. The smallest absolute Gasteiger partial charge is 0.262 e. The van der Waals surface area contributed by atoms with Gasteiger partial charge in [0.15, 0.2) is 6.61 Å². The van der Waals surface area contributed by atoms with Crippen molar-refractivity contribution in [1.29, 1.82) is 0 Å². The van der Waals surface area contributed by atoms with Crippen LogP contribution in [0, 0.1) is 6.92 Å². The van der Waals surface area contributed by atoms with Crippen LogP contribution >= 0.6 is 15.9 Å². The molecule has 0 atom stereocenters. The SMILES string of the molecule is CCc1cccc(C)c1NC(=O)COc1ccc(C=O)cc1Br. The van der Waals surface area contributed by atoms with Crippen molar-refractivity contribution in [2.45, 2.75) is 20.3 Å². The van der Waals surface area contributed by atoms with Gasteiger partial charge in [-0.2, -0.15) is 0 Å². The maximum Gasteiger partial charge on any atom is 0.262 e. The van der Waals surface area contributed by atoms with E-state index in [0.717, 1.165) is 29.5 Å². The number of aldehydes is 1. The van der Waals surface area contributed by atoms with Gasteiger partial charge in [0, 0.05) is 11.3 Å². The highest BCUT2D eigenvalue weighted by molar-refractivity contribution is 9.10. The highest BCUT2D eigenvalue weighted by Gasteiger charge is 2.10. The average Bonchev–Trinajstić information content (AvgIpc) is 2.55. The third-order valence-corrected chi connectivity index (χ3v) is 4.07. The first kappa shape index (κ1) is 17.2. The molecular weight excluding hydrogens is 358 g/mol. The number of carbonyl (C=O) groups excluding carboxylic acids is 2. The summed E-state index contributed by atoms with van der Waals surface area (Å²) in [6, 6.07) is 10.9. The van der Waals surface area contributed by atoms with Gasteiger partial charge in [0.2, 0.25) is 0 Å². The number of benzene rings is 2. The molecule has 0 spiro atoms. The van der Waals surface area contributed by atoms with E-state index in [1.54, 1.807) is 18.2 Å². The summed E-state index contributed by atoms with van der Waals surface area (Å²) in [6.07, 6.45) is 1.60. The Labute approximate surface area is 144 Å². The van der Waals surface area contributed by atoms with Gasteiger partial charge in [0.05, 0.1) is 4.47 Å². The number of anilines is 1. The van der Waals surface area contributed by atoms with Crippen molar-refractivity contribution in [2.24, 2.45) is 0 Å². The molecule has 2 aromatic rings. The van der Waals surface area contributed by atoms with Crippen LogP contribution in [0.3, 0.4) is 0 Å². The monoisotopic (exact) mass is 375 g/mol. The molecule has 5 heteroatoms. The Kier molecular flexibility index (Phi) is 5.93. The van der Waals surface area contributed by atoms with E-state index < -0.39 is 0 Å². The lowest BCUT2D eigenvalue weighted by Crippen LogP contribution is -2.21. The van der Waals surface area contributed by atoms with Crippen molar-refractivity contribution in [2.75, 3.05) is 11.9 Å². The molecule has 0 saturated heterocycles. The van der Waals surface area contributed by atoms with Crippen LogP contribution in [0.2, 0.25) is 0 Å². The summed E-state index contributed by atoms with van der Waals surface area (Å²) in [5.41, 5.74) is 3.50. The number of para-hydroxylation sites is 1. The van der Waals surface area contributed by atoms with Crippen molar-refractivity contribution in [3.63, 3.8) is 0 Å². The standard InChI is InChI=1S/C18H18BrNO3/c1-3-14-6-4-5-12(2)18(14)20-17(22)11-23-16-8-7-13(10-21)9-15(16)19/h4-10H,3,11H2,1-2H3,(H,20,22). The summed E-state index contributed by atoms with van der Waals surface area (Å²) >= 11 is 3.32. The predicted molar refractivity (Wildman–Crippen MR) is 94.2 cm³/mol. The van der Waals surface area contributed by atoms with E-state index in [1.165, 1.54) is 0 Å². The summed E-state index contributed by atoms with van der Waals surface area (Å²) < 4.78 is 6.15. The average molecular weight is 376 g/mol. The lowest BCUT2D eigenvalue weighted by atomic mass is 10.1. The third-order valence-electron chi connectivity index (χ3n) is 3.46. The molecule has 0 bridgehead atoms. The molecule has 1 amide bonds. The van der Waals surface area contributed by atoms with E-state index in [4.69, 9.17) is 4.74 Å². The number of hydrogen-bond donors (Lipinski definition) is 1. The highest BCUT2D eigenvalue weighted by atomic mass is 79.9. The van der Waals surface area contributed by atoms with Gasteiger partial charge in [-0.25, -0.2) is 0 Å². The Morgan fingerprint density at radius 2 is 2.09 bits per heavy atom. The van der Waals surface area contributed by atoms with Gasteiger partial charge < -0.3 is 10.1 Å². The van der Waals surface area contributed by atoms with Crippen molar-refractivity contribution in [3.05, 3.63) is 57.6 Å². The molecule has 120 valence electrons. The first-order chi connectivity index (χ1) is 11.0. The second-order valence-corrected chi connectivity index (χ2v) is 5.96. The largest absolute Gasteiger partial charge is 0.483 e. The minimum Gasteiger partial charge on any atom is -0.483 e. The molecule has 0 unspecified atom stereocenters. The van der Waals surface area contributed by atoms with Gasteiger partial charge in [-0.05, 0) is 58.6 Å². The number of ether oxygens (including phenoxy) is 1. The van der Waals surface area contributed by atoms with Gasteiger partial charge in [-0.15, -0.1) is 0 Å². The Balaban J connectivity index is 2.02. The van der Waals surface area contributed by atoms with Crippen LogP contribution in [0.25, 0.3) is 0 Å². The Bertz CT molecular complexity index is 728. The van der Waals surface area contributed by atoms with Crippen LogP contribution in [-0.2, 0) is 11.2 Å². The molecule has 0 aliphatic rings. The van der Waals surface area contributed by atoms with Crippen LogP contribution in [-0.4, -0.2) is 18.8 Å². The molecule has 0 aromatic heterocycles. The summed E-state index contributed by atoms with van der Waals surface area (Å²) in [5.74, 6) is 0.298. The van der Waals surface area contributed by atoms with Crippen molar-refractivity contribution >= 4 is 33.8 Å². The second kappa shape index (κ2) is 7.92. The number of aryl methyl sites for hydroxylation is 2. The molecule has 0 fully saturated rings. The summed E-state index contributed by atoms with van der Waals surface area (Å²) in [7, 11) is 0. The Hall–Kier alpha value is -2.14. The number of carbonyl (C=O) groups is 2. The lowest BCUT2D eigenvalue weighted by Gasteiger charge is -2.14. The number of nitrogens with one attached hydrogen (secondary N) is 1. The van der Waals surface area contributed by atoms with E-state index in [1.807, 2.05) is 32.0 Å². The maximum atomic E-state index is 12.1. The number of halogens is 1. The molecule has 0 heterocycles. The first-order valence-electron chi connectivity index (χ1n) is 7.31. The third kappa shape index (κ3) is 4.42. The van der Waals surface area contributed by atoms with E-state index in [9.17, 15) is 9.59 Å². The Morgan fingerprint density at radius 1 is 1.30 bits per heavy atom. The van der Waals surface area contributed by atoms with Crippen LogP contribution in [0.1, 0.15) is 28.4 Å². The van der Waals surface area contributed by atoms with Gasteiger partial charge in [0.25, 0.3) is 5.91 Å². The molecule has 0 radical (unpaired) electrons. The highest BCUT2D eigenvalue weighted by Crippen LogP contribution is 2.26. The molecule has 0 aliphatic heterocycles. The van der Waals surface area contributed by atoms with Gasteiger partial charge in [-0.3, -0.25) is 9.59 Å². The summed E-state index contributed by atoms with van der Waals surface area (Å²) in [5, 5.41) is 2.91. The van der Waals surface area contributed by atoms with E-state index in [0.29, 0.717) is 15.8 Å². The fourth-order valence-electron chi connectivity index (χ4n) is 2.23. The Morgan fingerprint density at radius 3 is 2.74 bits per heavy atom. The molecule has 23 heavy (non-hydrogen) atoms. The number of rotatable bonds is 6. The van der Waals surface area contributed by atoms with Crippen molar-refractivity contribution in [1.82, 2.24) is 0 Å². The van der Waals surface area contributed by atoms with E-state index >= 15 is 0 Å². The molecule has 2 aromatic carbocycles. The minimum atomic E-state index is -0.222. The molecule has 4 nitrogen and oxygen atoms in total. The van der Waals surface area contributed by atoms with E-state index in [-0.39, 0.29) is 12.5 Å². The quantitative estimate of drug-likeness (QED) is 0.771. The van der Waals surface area contributed by atoms with Gasteiger partial charge in [-0.1, -0.05) is 25.1 Å². The van der Waals surface area contributed by atoms with Crippen molar-refractivity contribution < 1.29 is 14.3 Å². The van der Waals surface area contributed by atoms with Crippen LogP contribution < -0.4 is 10.1 Å². The normalized spacial score (nSPS) is 10.2. The zero-order valence-electron chi connectivity index (χ0n) is 13.1. The van der Waals surface area contributed by atoms with Crippen molar-refractivity contribution in [3.8, 4) is 5.75 Å².